The van der Waals surface area contributed by atoms with E-state index >= 15 is 0 Å². The largest absolute Gasteiger partial charge is 0.330 e. The smallest absolute Gasteiger partial charge is 0.0112 e. The molecular formula is C15H26N2S. The monoisotopic (exact) mass is 266 g/mol. The van der Waals surface area contributed by atoms with Gasteiger partial charge < -0.3 is 10.6 Å². The van der Waals surface area contributed by atoms with Gasteiger partial charge in [-0.05, 0) is 56.6 Å². The molecule has 1 aliphatic rings. The van der Waals surface area contributed by atoms with E-state index in [0.717, 1.165) is 19.5 Å². The quantitative estimate of drug-likeness (QED) is 0.857. The summed E-state index contributed by atoms with van der Waals surface area (Å²) >= 11 is 1.86. The number of nitrogens with two attached hydrogens (primary N) is 1. The molecule has 2 rings (SSSR count). The van der Waals surface area contributed by atoms with Crippen molar-refractivity contribution in [3.8, 4) is 0 Å². The topological polar surface area (TPSA) is 29.3 Å². The minimum atomic E-state index is 0.401. The van der Waals surface area contributed by atoms with E-state index in [1.54, 1.807) is 0 Å². The van der Waals surface area contributed by atoms with Crippen molar-refractivity contribution in [1.82, 2.24) is 4.90 Å². The zero-order valence-electron chi connectivity index (χ0n) is 11.7. The van der Waals surface area contributed by atoms with E-state index in [1.165, 1.54) is 30.6 Å². The Balaban J connectivity index is 1.88. The maximum absolute atomic E-state index is 6.03. The molecule has 1 aromatic rings. The summed E-state index contributed by atoms with van der Waals surface area (Å²) in [7, 11) is 2.26. The predicted octanol–water partition coefficient (Wildman–Crippen LogP) is 3.13. The van der Waals surface area contributed by atoms with Gasteiger partial charge in [0.15, 0.2) is 0 Å². The molecule has 0 saturated heterocycles. The molecule has 102 valence electrons. The standard InChI is InChI=1S/C15H26N2S/c1-13(10-14-6-5-9-18-14)17(2)12-15(11-16)7-3-4-8-15/h5-6,9,13H,3-4,7-8,10-12,16H2,1-2H3. The van der Waals surface area contributed by atoms with Crippen molar-refractivity contribution in [2.45, 2.75) is 45.1 Å². The Hall–Kier alpha value is -0.380. The SMILES string of the molecule is CC(Cc1cccs1)N(C)CC1(CN)CCCC1. The third-order valence-corrected chi connectivity index (χ3v) is 5.41. The summed E-state index contributed by atoms with van der Waals surface area (Å²) in [6.45, 7) is 4.35. The molecule has 0 radical (unpaired) electrons. The predicted molar refractivity (Wildman–Crippen MR) is 80.1 cm³/mol. The molecule has 1 heterocycles. The Morgan fingerprint density at radius 2 is 2.17 bits per heavy atom. The second kappa shape index (κ2) is 6.18. The number of hydrogen-bond acceptors (Lipinski definition) is 3. The van der Waals surface area contributed by atoms with Crippen LogP contribution < -0.4 is 5.73 Å². The Labute approximate surface area is 115 Å². The van der Waals surface area contributed by atoms with Gasteiger partial charge in [0.05, 0.1) is 0 Å². The van der Waals surface area contributed by atoms with Crippen molar-refractivity contribution in [3.63, 3.8) is 0 Å². The van der Waals surface area contributed by atoms with Crippen LogP contribution in [-0.4, -0.2) is 31.1 Å². The molecule has 0 aromatic carbocycles. The molecule has 1 unspecified atom stereocenters. The summed E-state index contributed by atoms with van der Waals surface area (Å²) in [4.78, 5) is 4.00. The van der Waals surface area contributed by atoms with Gasteiger partial charge in [0, 0.05) is 17.5 Å². The first-order valence-electron chi connectivity index (χ1n) is 7.08. The van der Waals surface area contributed by atoms with Gasteiger partial charge in [-0.3, -0.25) is 0 Å². The number of nitrogens with zero attached hydrogens (tertiary/aromatic N) is 1. The fourth-order valence-electron chi connectivity index (χ4n) is 3.11. The van der Waals surface area contributed by atoms with E-state index in [4.69, 9.17) is 5.73 Å². The van der Waals surface area contributed by atoms with Crippen molar-refractivity contribution in [3.05, 3.63) is 22.4 Å². The normalized spacial score (nSPS) is 20.4. The molecular weight excluding hydrogens is 240 g/mol. The fourth-order valence-corrected chi connectivity index (χ4v) is 3.94. The molecule has 0 bridgehead atoms. The van der Waals surface area contributed by atoms with Crippen LogP contribution in [0.4, 0.5) is 0 Å². The summed E-state index contributed by atoms with van der Waals surface area (Å²) < 4.78 is 0. The molecule has 0 aliphatic heterocycles. The van der Waals surface area contributed by atoms with Crippen LogP contribution in [-0.2, 0) is 6.42 Å². The lowest BCUT2D eigenvalue weighted by Gasteiger charge is -2.35. The lowest BCUT2D eigenvalue weighted by Crippen LogP contribution is -2.43. The highest BCUT2D eigenvalue weighted by atomic mass is 32.1. The van der Waals surface area contributed by atoms with Crippen LogP contribution in [0, 0.1) is 5.41 Å². The second-order valence-corrected chi connectivity index (χ2v) is 6.99. The summed E-state index contributed by atoms with van der Waals surface area (Å²) in [6.07, 6.45) is 6.53. The van der Waals surface area contributed by atoms with E-state index in [1.807, 2.05) is 11.3 Å². The summed E-state index contributed by atoms with van der Waals surface area (Å²) in [5.74, 6) is 0. The van der Waals surface area contributed by atoms with Crippen molar-refractivity contribution in [2.24, 2.45) is 11.1 Å². The van der Waals surface area contributed by atoms with Crippen LogP contribution in [0.15, 0.2) is 17.5 Å². The maximum atomic E-state index is 6.03. The molecule has 18 heavy (non-hydrogen) atoms. The molecule has 2 nitrogen and oxygen atoms in total. The highest BCUT2D eigenvalue weighted by Gasteiger charge is 2.34. The first-order valence-corrected chi connectivity index (χ1v) is 7.96. The van der Waals surface area contributed by atoms with E-state index in [9.17, 15) is 0 Å². The average molecular weight is 266 g/mol. The van der Waals surface area contributed by atoms with Crippen molar-refractivity contribution in [2.75, 3.05) is 20.1 Å². The highest BCUT2D eigenvalue weighted by Crippen LogP contribution is 2.38. The van der Waals surface area contributed by atoms with Crippen molar-refractivity contribution in [1.29, 1.82) is 0 Å². The summed E-state index contributed by atoms with van der Waals surface area (Å²) in [6, 6.07) is 4.99. The molecule has 1 aromatic heterocycles. The summed E-state index contributed by atoms with van der Waals surface area (Å²) in [5.41, 5.74) is 6.43. The summed E-state index contributed by atoms with van der Waals surface area (Å²) in [5, 5.41) is 2.17. The van der Waals surface area contributed by atoms with Gasteiger partial charge in [0.2, 0.25) is 0 Å². The lowest BCUT2D eigenvalue weighted by atomic mass is 9.85. The third kappa shape index (κ3) is 3.34. The molecule has 3 heteroatoms. The molecule has 1 fully saturated rings. The van der Waals surface area contributed by atoms with Gasteiger partial charge in [-0.25, -0.2) is 0 Å². The van der Waals surface area contributed by atoms with Gasteiger partial charge in [0.1, 0.15) is 0 Å². The van der Waals surface area contributed by atoms with Crippen LogP contribution >= 0.6 is 11.3 Å². The van der Waals surface area contributed by atoms with Crippen LogP contribution in [0.25, 0.3) is 0 Å². The highest BCUT2D eigenvalue weighted by molar-refractivity contribution is 7.09. The van der Waals surface area contributed by atoms with Crippen molar-refractivity contribution >= 4 is 11.3 Å². The van der Waals surface area contributed by atoms with Crippen LogP contribution in [0.5, 0.6) is 0 Å². The van der Waals surface area contributed by atoms with Gasteiger partial charge >= 0.3 is 0 Å². The van der Waals surface area contributed by atoms with Gasteiger partial charge in [-0.1, -0.05) is 18.9 Å². The number of likely N-dealkylation sites (N-methyl/N-ethyl adjacent to an activating group) is 1. The third-order valence-electron chi connectivity index (χ3n) is 4.51. The van der Waals surface area contributed by atoms with E-state index in [2.05, 4.69) is 36.4 Å². The Kier molecular flexibility index (Phi) is 4.82. The fraction of sp³-hybridized carbons (Fsp3) is 0.733. The minimum Gasteiger partial charge on any atom is -0.330 e. The Morgan fingerprint density at radius 3 is 2.72 bits per heavy atom. The number of rotatable bonds is 6. The Bertz CT molecular complexity index is 341. The van der Waals surface area contributed by atoms with Crippen LogP contribution in [0.1, 0.15) is 37.5 Å². The van der Waals surface area contributed by atoms with Gasteiger partial charge in [-0.15, -0.1) is 11.3 Å². The van der Waals surface area contributed by atoms with Crippen LogP contribution in [0.2, 0.25) is 0 Å². The lowest BCUT2D eigenvalue weighted by molar-refractivity contribution is 0.149. The van der Waals surface area contributed by atoms with Crippen LogP contribution in [0.3, 0.4) is 0 Å². The zero-order valence-corrected chi connectivity index (χ0v) is 12.5. The number of thiophene rings is 1. The maximum Gasteiger partial charge on any atom is 0.0112 e. The van der Waals surface area contributed by atoms with Gasteiger partial charge in [-0.2, -0.15) is 0 Å². The van der Waals surface area contributed by atoms with E-state index in [-0.39, 0.29) is 0 Å². The Morgan fingerprint density at radius 1 is 1.44 bits per heavy atom. The minimum absolute atomic E-state index is 0.401. The molecule has 2 N–H and O–H groups in total. The molecule has 1 atom stereocenters. The zero-order chi connectivity index (χ0) is 13.0. The average Bonchev–Trinajstić information content (AvgIpc) is 3.01. The molecule has 1 aliphatic carbocycles. The number of hydrogen-bond donors (Lipinski definition) is 1. The second-order valence-electron chi connectivity index (χ2n) is 5.96. The first-order chi connectivity index (χ1) is 8.65. The van der Waals surface area contributed by atoms with Gasteiger partial charge in [0.25, 0.3) is 0 Å². The first kappa shape index (κ1) is 14.0. The van der Waals surface area contributed by atoms with E-state index in [0.29, 0.717) is 11.5 Å². The molecule has 0 amide bonds. The molecule has 1 saturated carbocycles. The van der Waals surface area contributed by atoms with E-state index < -0.39 is 0 Å². The van der Waals surface area contributed by atoms with Crippen molar-refractivity contribution < 1.29 is 0 Å². The molecule has 0 spiro atoms.